The fraction of sp³-hybridized carbons (Fsp3) is 0.423. The largest absolute Gasteiger partial charge is 0.491 e. The SMILES string of the molecule is C=C(OCC)c1nc(-c2cccc(CNC(=O)OC(C)(C)C)c2)c2ccn(CC3CC3)c2n1. The normalized spacial score (nSPS) is 13.7. The van der Waals surface area contributed by atoms with Gasteiger partial charge in [-0.05, 0) is 64.2 Å². The minimum Gasteiger partial charge on any atom is -0.491 e. The Balaban J connectivity index is 1.66. The molecule has 7 heteroatoms. The summed E-state index contributed by atoms with van der Waals surface area (Å²) in [5, 5.41) is 3.81. The number of hydrogen-bond acceptors (Lipinski definition) is 5. The van der Waals surface area contributed by atoms with Gasteiger partial charge in [-0.1, -0.05) is 24.8 Å². The van der Waals surface area contributed by atoms with Crippen molar-refractivity contribution in [3.63, 3.8) is 0 Å². The highest BCUT2D eigenvalue weighted by Gasteiger charge is 2.24. The van der Waals surface area contributed by atoms with E-state index in [0.717, 1.165) is 40.3 Å². The van der Waals surface area contributed by atoms with E-state index in [1.165, 1.54) is 12.8 Å². The molecule has 1 aliphatic rings. The number of ether oxygens (including phenoxy) is 2. The van der Waals surface area contributed by atoms with E-state index in [9.17, 15) is 4.79 Å². The monoisotopic (exact) mass is 448 g/mol. The summed E-state index contributed by atoms with van der Waals surface area (Å²) in [7, 11) is 0. The molecule has 174 valence electrons. The first kappa shape index (κ1) is 22.8. The lowest BCUT2D eigenvalue weighted by Crippen LogP contribution is -2.32. The summed E-state index contributed by atoms with van der Waals surface area (Å²) in [5.74, 6) is 1.68. The van der Waals surface area contributed by atoms with E-state index in [1.807, 2.05) is 52.0 Å². The molecule has 1 fully saturated rings. The summed E-state index contributed by atoms with van der Waals surface area (Å²) in [4.78, 5) is 21.7. The maximum Gasteiger partial charge on any atom is 0.407 e. The number of aromatic nitrogens is 3. The first-order valence-corrected chi connectivity index (χ1v) is 11.5. The highest BCUT2D eigenvalue weighted by atomic mass is 16.6. The summed E-state index contributed by atoms with van der Waals surface area (Å²) in [6.45, 7) is 13.3. The van der Waals surface area contributed by atoms with E-state index in [0.29, 0.717) is 24.7 Å². The van der Waals surface area contributed by atoms with Crippen LogP contribution >= 0.6 is 0 Å². The predicted octanol–water partition coefficient (Wildman–Crippen LogP) is 5.54. The van der Waals surface area contributed by atoms with Gasteiger partial charge in [0.15, 0.2) is 11.6 Å². The molecule has 0 aliphatic heterocycles. The molecule has 2 heterocycles. The van der Waals surface area contributed by atoms with Gasteiger partial charge in [-0.3, -0.25) is 0 Å². The van der Waals surface area contributed by atoms with Crippen molar-refractivity contribution in [1.82, 2.24) is 19.9 Å². The van der Waals surface area contributed by atoms with Gasteiger partial charge in [0.2, 0.25) is 0 Å². The third-order valence-corrected chi connectivity index (χ3v) is 5.37. The molecule has 0 unspecified atom stereocenters. The minimum atomic E-state index is -0.536. The van der Waals surface area contributed by atoms with E-state index in [1.54, 1.807) is 0 Å². The van der Waals surface area contributed by atoms with Crippen LogP contribution in [0.3, 0.4) is 0 Å². The summed E-state index contributed by atoms with van der Waals surface area (Å²) in [5.41, 5.74) is 3.07. The fourth-order valence-corrected chi connectivity index (χ4v) is 3.69. The maximum absolute atomic E-state index is 12.1. The summed E-state index contributed by atoms with van der Waals surface area (Å²) >= 11 is 0. The number of carbonyl (C=O) groups is 1. The van der Waals surface area contributed by atoms with Gasteiger partial charge in [0.05, 0.1) is 12.3 Å². The second-order valence-corrected chi connectivity index (χ2v) is 9.46. The lowest BCUT2D eigenvalue weighted by molar-refractivity contribution is 0.0523. The first-order valence-electron chi connectivity index (χ1n) is 11.5. The van der Waals surface area contributed by atoms with E-state index >= 15 is 0 Å². The van der Waals surface area contributed by atoms with Crippen LogP contribution in [0.5, 0.6) is 0 Å². The van der Waals surface area contributed by atoms with Crippen molar-refractivity contribution in [3.8, 4) is 11.3 Å². The Bertz CT molecular complexity index is 1170. The predicted molar refractivity (Wildman–Crippen MR) is 129 cm³/mol. The third-order valence-electron chi connectivity index (χ3n) is 5.37. The van der Waals surface area contributed by atoms with Crippen LogP contribution < -0.4 is 5.32 Å². The van der Waals surface area contributed by atoms with Gasteiger partial charge >= 0.3 is 6.09 Å². The lowest BCUT2D eigenvalue weighted by Gasteiger charge is -2.19. The number of hydrogen-bond donors (Lipinski definition) is 1. The van der Waals surface area contributed by atoms with E-state index < -0.39 is 11.7 Å². The zero-order chi connectivity index (χ0) is 23.6. The molecule has 4 rings (SSSR count). The summed E-state index contributed by atoms with van der Waals surface area (Å²) < 4.78 is 13.2. The first-order chi connectivity index (χ1) is 15.7. The van der Waals surface area contributed by atoms with Crippen LogP contribution in [-0.4, -0.2) is 32.8 Å². The summed E-state index contributed by atoms with van der Waals surface area (Å²) in [6.07, 6.45) is 4.18. The average molecular weight is 449 g/mol. The molecule has 33 heavy (non-hydrogen) atoms. The van der Waals surface area contributed by atoms with Crippen molar-refractivity contribution in [1.29, 1.82) is 0 Å². The van der Waals surface area contributed by atoms with Crippen molar-refractivity contribution >= 4 is 22.9 Å². The number of nitrogens with one attached hydrogen (secondary N) is 1. The molecule has 0 spiro atoms. The third kappa shape index (κ3) is 5.72. The van der Waals surface area contributed by atoms with E-state index in [-0.39, 0.29) is 0 Å². The smallest absolute Gasteiger partial charge is 0.407 e. The fourth-order valence-electron chi connectivity index (χ4n) is 3.69. The zero-order valence-electron chi connectivity index (χ0n) is 19.9. The molecule has 1 saturated carbocycles. The standard InChI is InChI=1S/C26H32N4O3/c1-6-32-17(2)23-28-22(21-12-13-30(24(21)29-23)16-18-10-11-18)20-9-7-8-19(14-20)15-27-25(31)33-26(3,4)5/h7-9,12-14,18H,2,6,10-11,15-16H2,1,3-5H3,(H,27,31). The van der Waals surface area contributed by atoms with Crippen molar-refractivity contribution in [2.24, 2.45) is 5.92 Å². The molecule has 0 atom stereocenters. The number of nitrogens with zero attached hydrogens (tertiary/aromatic N) is 3. The zero-order valence-corrected chi connectivity index (χ0v) is 19.9. The topological polar surface area (TPSA) is 78.3 Å². The van der Waals surface area contributed by atoms with Crippen LogP contribution in [0, 0.1) is 5.92 Å². The second kappa shape index (κ2) is 9.25. The number of benzene rings is 1. The van der Waals surface area contributed by atoms with Crippen molar-refractivity contribution in [2.45, 2.75) is 59.2 Å². The van der Waals surface area contributed by atoms with Crippen LogP contribution in [0.2, 0.25) is 0 Å². The Kier molecular flexibility index (Phi) is 6.40. The average Bonchev–Trinajstić information content (AvgIpc) is 3.49. The van der Waals surface area contributed by atoms with Crippen LogP contribution in [0.15, 0.2) is 43.1 Å². The van der Waals surface area contributed by atoms with Gasteiger partial charge in [-0.25, -0.2) is 14.8 Å². The molecule has 3 aromatic rings. The molecule has 1 aliphatic carbocycles. The molecule has 1 aromatic carbocycles. The number of amides is 1. The Labute approximate surface area is 194 Å². The Morgan fingerprint density at radius 3 is 2.73 bits per heavy atom. The van der Waals surface area contributed by atoms with Crippen LogP contribution in [0.25, 0.3) is 28.0 Å². The van der Waals surface area contributed by atoms with Gasteiger partial charge in [0, 0.05) is 30.2 Å². The highest BCUT2D eigenvalue weighted by molar-refractivity contribution is 5.92. The molecule has 1 N–H and O–H groups in total. The number of rotatable bonds is 8. The van der Waals surface area contributed by atoms with Gasteiger partial charge in [-0.2, -0.15) is 0 Å². The maximum atomic E-state index is 12.1. The lowest BCUT2D eigenvalue weighted by atomic mass is 10.1. The van der Waals surface area contributed by atoms with Crippen LogP contribution in [-0.2, 0) is 22.6 Å². The molecular formula is C26H32N4O3. The van der Waals surface area contributed by atoms with Crippen LogP contribution in [0.4, 0.5) is 4.79 Å². The molecule has 7 nitrogen and oxygen atoms in total. The van der Waals surface area contributed by atoms with Crippen molar-refractivity contribution in [3.05, 3.63) is 54.5 Å². The summed E-state index contributed by atoms with van der Waals surface area (Å²) in [6, 6.07) is 10.1. The number of fused-ring (bicyclic) bond motifs is 1. The quantitative estimate of drug-likeness (QED) is 0.458. The van der Waals surface area contributed by atoms with Crippen LogP contribution in [0.1, 0.15) is 51.9 Å². The molecule has 0 bridgehead atoms. The number of alkyl carbamates (subject to hydrolysis) is 1. The molecular weight excluding hydrogens is 416 g/mol. The van der Waals surface area contributed by atoms with Crippen molar-refractivity contribution in [2.75, 3.05) is 6.61 Å². The molecule has 1 amide bonds. The molecule has 0 radical (unpaired) electrons. The minimum absolute atomic E-state index is 0.359. The van der Waals surface area contributed by atoms with Gasteiger partial charge in [-0.15, -0.1) is 0 Å². The van der Waals surface area contributed by atoms with Gasteiger partial charge in [0.1, 0.15) is 11.2 Å². The van der Waals surface area contributed by atoms with Gasteiger partial charge < -0.3 is 19.4 Å². The second-order valence-electron chi connectivity index (χ2n) is 9.46. The highest BCUT2D eigenvalue weighted by Crippen LogP contribution is 2.34. The van der Waals surface area contributed by atoms with Gasteiger partial charge in [0.25, 0.3) is 0 Å². The molecule has 2 aromatic heterocycles. The Morgan fingerprint density at radius 2 is 2.03 bits per heavy atom. The van der Waals surface area contributed by atoms with Crippen molar-refractivity contribution < 1.29 is 14.3 Å². The van der Waals surface area contributed by atoms with E-state index in [4.69, 9.17) is 19.4 Å². The molecule has 0 saturated heterocycles. The van der Waals surface area contributed by atoms with E-state index in [2.05, 4.69) is 28.7 Å². The number of carbonyl (C=O) groups excluding carboxylic acids is 1. The Morgan fingerprint density at radius 1 is 1.24 bits per heavy atom. The Hall–Kier alpha value is -3.35.